The van der Waals surface area contributed by atoms with Crippen molar-refractivity contribution in [3.05, 3.63) is 89.1 Å². The topological polar surface area (TPSA) is 94.4 Å². The van der Waals surface area contributed by atoms with E-state index in [2.05, 4.69) is 6.07 Å². The van der Waals surface area contributed by atoms with Crippen molar-refractivity contribution in [2.24, 2.45) is 0 Å². The lowest BCUT2D eigenvalue weighted by Crippen LogP contribution is -2.48. The Morgan fingerprint density at radius 2 is 1.84 bits per heavy atom. The van der Waals surface area contributed by atoms with Crippen LogP contribution in [0.15, 0.2) is 71.8 Å². The Hall–Kier alpha value is -3.96. The molecule has 0 saturated carbocycles. The number of carbonyl (C=O) groups excluding carboxylic acids is 3. The highest BCUT2D eigenvalue weighted by atomic mass is 32.2. The Morgan fingerprint density at radius 3 is 2.53 bits per heavy atom. The molecule has 0 radical (unpaired) electrons. The van der Waals surface area contributed by atoms with E-state index in [1.807, 2.05) is 49.4 Å². The summed E-state index contributed by atoms with van der Waals surface area (Å²) in [5, 5.41) is 9.75. The van der Waals surface area contributed by atoms with Crippen molar-refractivity contribution in [3.8, 4) is 6.07 Å². The first-order chi connectivity index (χ1) is 18.5. The van der Waals surface area contributed by atoms with Crippen LogP contribution < -0.4 is 4.90 Å². The van der Waals surface area contributed by atoms with Gasteiger partial charge < -0.3 is 4.90 Å². The Morgan fingerprint density at radius 1 is 1.13 bits per heavy atom. The number of aryl methyl sites for hydroxylation is 2. The van der Waals surface area contributed by atoms with E-state index in [1.165, 1.54) is 16.7 Å². The summed E-state index contributed by atoms with van der Waals surface area (Å²) in [6.45, 7) is 2.11. The maximum absolute atomic E-state index is 14.1. The molecule has 7 nitrogen and oxygen atoms in total. The lowest BCUT2D eigenvalue weighted by molar-refractivity contribution is -0.138. The first kappa shape index (κ1) is 25.7. The average Bonchev–Trinajstić information content (AvgIpc) is 3.53. The number of hydrogen-bond acceptors (Lipinski definition) is 6. The molecule has 2 aliphatic rings. The lowest BCUT2D eigenvalue weighted by Gasteiger charge is -2.31. The molecule has 3 amide bonds. The van der Waals surface area contributed by atoms with Crippen LogP contribution in [0.1, 0.15) is 48.6 Å². The summed E-state index contributed by atoms with van der Waals surface area (Å²) in [6, 6.07) is 21.5. The molecule has 192 valence electrons. The molecule has 8 heteroatoms. The number of carbonyl (C=O) groups is 3. The fraction of sp³-hybridized carbons (Fsp3) is 0.300. The van der Waals surface area contributed by atoms with E-state index in [9.17, 15) is 19.6 Å². The molecule has 2 aromatic carbocycles. The monoisotopic (exact) mass is 524 g/mol. The first-order valence-corrected chi connectivity index (χ1v) is 13.7. The van der Waals surface area contributed by atoms with Crippen LogP contribution in [0.4, 0.5) is 5.69 Å². The molecule has 1 aliphatic heterocycles. The molecule has 38 heavy (non-hydrogen) atoms. The van der Waals surface area contributed by atoms with Crippen molar-refractivity contribution in [3.63, 3.8) is 0 Å². The maximum Gasteiger partial charge on any atom is 0.257 e. The van der Waals surface area contributed by atoms with Crippen LogP contribution in [0, 0.1) is 11.3 Å². The van der Waals surface area contributed by atoms with Gasteiger partial charge in [0.25, 0.3) is 5.91 Å². The molecule has 3 aromatic rings. The lowest BCUT2D eigenvalue weighted by atomic mass is 10.1. The van der Waals surface area contributed by atoms with E-state index < -0.39 is 17.2 Å². The van der Waals surface area contributed by atoms with E-state index in [1.54, 1.807) is 29.2 Å². The number of thioether (sulfide) groups is 1. The Balaban J connectivity index is 1.46. The number of hydrogen-bond donors (Lipinski definition) is 0. The van der Waals surface area contributed by atoms with E-state index in [4.69, 9.17) is 4.98 Å². The summed E-state index contributed by atoms with van der Waals surface area (Å²) in [6.07, 6.45) is 3.20. The van der Waals surface area contributed by atoms with E-state index in [0.29, 0.717) is 22.7 Å². The van der Waals surface area contributed by atoms with Gasteiger partial charge in [0.15, 0.2) is 0 Å². The predicted molar refractivity (Wildman–Crippen MR) is 145 cm³/mol. The second-order valence-electron chi connectivity index (χ2n) is 9.50. The SMILES string of the molecule is CCC(Sc1nc2c(cc1C#N)CCC2)C(=O)N(Cc1ccccc1)C1CC(=O)N(c2ccccc2)C1=O. The second-order valence-corrected chi connectivity index (χ2v) is 10.7. The number of imide groups is 1. The van der Waals surface area contributed by atoms with Crippen LogP contribution >= 0.6 is 11.8 Å². The highest BCUT2D eigenvalue weighted by Crippen LogP contribution is 2.34. The molecule has 2 atom stereocenters. The van der Waals surface area contributed by atoms with Crippen molar-refractivity contribution in [2.45, 2.75) is 61.9 Å². The maximum atomic E-state index is 14.1. The molecule has 0 spiro atoms. The quantitative estimate of drug-likeness (QED) is 0.314. The molecular formula is C30H28N4O3S. The van der Waals surface area contributed by atoms with Crippen LogP contribution in [0.5, 0.6) is 0 Å². The summed E-state index contributed by atoms with van der Waals surface area (Å²) in [7, 11) is 0. The van der Waals surface area contributed by atoms with Crippen LogP contribution in [-0.2, 0) is 33.8 Å². The fourth-order valence-corrected chi connectivity index (χ4v) is 6.15. The largest absolute Gasteiger partial charge is 0.325 e. The summed E-state index contributed by atoms with van der Waals surface area (Å²) < 4.78 is 0. The number of fused-ring (bicyclic) bond motifs is 1. The van der Waals surface area contributed by atoms with Gasteiger partial charge in [-0.2, -0.15) is 5.26 Å². The van der Waals surface area contributed by atoms with Gasteiger partial charge in [0, 0.05) is 12.2 Å². The first-order valence-electron chi connectivity index (χ1n) is 12.9. The highest BCUT2D eigenvalue weighted by Gasteiger charge is 2.45. The Labute approximate surface area is 226 Å². The van der Waals surface area contributed by atoms with Gasteiger partial charge in [-0.1, -0.05) is 67.2 Å². The number of benzene rings is 2. The zero-order valence-electron chi connectivity index (χ0n) is 21.2. The third-order valence-corrected chi connectivity index (χ3v) is 8.38. The smallest absolute Gasteiger partial charge is 0.257 e. The molecule has 5 rings (SSSR count). The minimum Gasteiger partial charge on any atom is -0.325 e. The third kappa shape index (κ3) is 5.07. The van der Waals surface area contributed by atoms with Gasteiger partial charge in [-0.05, 0) is 55.0 Å². The van der Waals surface area contributed by atoms with Gasteiger partial charge >= 0.3 is 0 Å². The zero-order chi connectivity index (χ0) is 26.6. The molecule has 1 fully saturated rings. The standard InChI is InChI=1S/C30H28N4O3S/c1-2-26(38-28-22(18-31)16-21-12-9-15-24(21)32-28)30(37)33(19-20-10-5-3-6-11-20)25-17-27(35)34(29(25)36)23-13-7-4-8-14-23/h3-8,10-11,13-14,16,25-26H,2,9,12,15,17,19H2,1H3. The summed E-state index contributed by atoms with van der Waals surface area (Å²) in [5.41, 5.74) is 3.93. The van der Waals surface area contributed by atoms with E-state index >= 15 is 0 Å². The average molecular weight is 525 g/mol. The Kier molecular flexibility index (Phi) is 7.57. The van der Waals surface area contributed by atoms with Gasteiger partial charge in [0.1, 0.15) is 17.1 Å². The van der Waals surface area contributed by atoms with Crippen molar-refractivity contribution in [1.82, 2.24) is 9.88 Å². The van der Waals surface area contributed by atoms with Crippen molar-refractivity contribution in [2.75, 3.05) is 4.90 Å². The molecule has 0 bridgehead atoms. The minimum absolute atomic E-state index is 0.0755. The van der Waals surface area contributed by atoms with Crippen LogP contribution in [-0.4, -0.2) is 38.9 Å². The zero-order valence-corrected chi connectivity index (χ0v) is 22.0. The summed E-state index contributed by atoms with van der Waals surface area (Å²) >= 11 is 1.28. The van der Waals surface area contributed by atoms with Crippen molar-refractivity contribution in [1.29, 1.82) is 5.26 Å². The summed E-state index contributed by atoms with van der Waals surface area (Å²) in [4.78, 5) is 48.2. The van der Waals surface area contributed by atoms with Crippen LogP contribution in [0.3, 0.4) is 0 Å². The fourth-order valence-electron chi connectivity index (χ4n) is 5.08. The minimum atomic E-state index is -0.909. The number of para-hydroxylation sites is 1. The molecule has 1 saturated heterocycles. The van der Waals surface area contributed by atoms with Gasteiger partial charge in [-0.25, -0.2) is 9.88 Å². The number of rotatable bonds is 8. The molecular weight excluding hydrogens is 496 g/mol. The number of nitrogens with zero attached hydrogens (tertiary/aromatic N) is 4. The van der Waals surface area contributed by atoms with E-state index in [-0.39, 0.29) is 24.8 Å². The summed E-state index contributed by atoms with van der Waals surface area (Å²) in [5.74, 6) is -0.975. The number of anilines is 1. The van der Waals surface area contributed by atoms with Gasteiger partial charge in [0.2, 0.25) is 11.8 Å². The third-order valence-electron chi connectivity index (χ3n) is 7.03. The van der Waals surface area contributed by atoms with E-state index in [0.717, 1.165) is 36.1 Å². The van der Waals surface area contributed by atoms with Gasteiger partial charge in [0.05, 0.1) is 22.9 Å². The van der Waals surface area contributed by atoms with Gasteiger partial charge in [-0.3, -0.25) is 14.4 Å². The van der Waals surface area contributed by atoms with Crippen molar-refractivity contribution >= 4 is 35.2 Å². The number of nitriles is 1. The predicted octanol–water partition coefficient (Wildman–Crippen LogP) is 4.67. The second kappa shape index (κ2) is 11.2. The highest BCUT2D eigenvalue weighted by molar-refractivity contribution is 8.00. The number of amides is 3. The molecule has 2 unspecified atom stereocenters. The van der Waals surface area contributed by atoms with Crippen LogP contribution in [0.25, 0.3) is 0 Å². The van der Waals surface area contributed by atoms with Crippen LogP contribution in [0.2, 0.25) is 0 Å². The number of pyridine rings is 1. The molecule has 1 aliphatic carbocycles. The number of aromatic nitrogens is 1. The Bertz CT molecular complexity index is 1400. The van der Waals surface area contributed by atoms with Crippen molar-refractivity contribution < 1.29 is 14.4 Å². The molecule has 0 N–H and O–H groups in total. The molecule has 2 heterocycles. The normalized spacial score (nSPS) is 17.3. The molecule has 1 aromatic heterocycles. The van der Waals surface area contributed by atoms with Gasteiger partial charge in [-0.15, -0.1) is 0 Å².